The number of esters is 1. The van der Waals surface area contributed by atoms with Gasteiger partial charge >= 0.3 is 5.97 Å². The number of likely N-dealkylation sites (N-methyl/N-ethyl adjacent to an activating group) is 1. The van der Waals surface area contributed by atoms with Gasteiger partial charge in [-0.25, -0.2) is 4.79 Å². The van der Waals surface area contributed by atoms with Crippen LogP contribution in [0.2, 0.25) is 0 Å². The molecule has 4 atom stereocenters. The van der Waals surface area contributed by atoms with E-state index in [1.807, 2.05) is 0 Å². The Morgan fingerprint density at radius 2 is 1.76 bits per heavy atom. The summed E-state index contributed by atoms with van der Waals surface area (Å²) in [5.74, 6) is -6.78. The molecule has 10 heteroatoms. The summed E-state index contributed by atoms with van der Waals surface area (Å²) in [4.78, 5) is 53.5. The molecule has 2 aromatic carbocycles. The molecule has 0 spiro atoms. The predicted molar refractivity (Wildman–Crippen MR) is 149 cm³/mol. The predicted octanol–water partition coefficient (Wildman–Crippen LogP) is 3.08. The number of allylic oxidation sites excluding steroid dienone is 1. The molecule has 3 aliphatic rings. The van der Waals surface area contributed by atoms with E-state index >= 15 is 0 Å². The summed E-state index contributed by atoms with van der Waals surface area (Å²) in [6.07, 6.45) is 0.192. The Balaban J connectivity index is 1.63. The van der Waals surface area contributed by atoms with Gasteiger partial charge in [0.05, 0.1) is 29.2 Å². The third kappa shape index (κ3) is 4.48. The van der Waals surface area contributed by atoms with E-state index in [-0.39, 0.29) is 35.8 Å². The average Bonchev–Trinajstić information content (AvgIpc) is 2.87. The van der Waals surface area contributed by atoms with Crippen LogP contribution in [0.15, 0.2) is 53.3 Å². The Morgan fingerprint density at radius 3 is 2.39 bits per heavy atom. The molecule has 0 saturated heterocycles. The summed E-state index contributed by atoms with van der Waals surface area (Å²) in [6, 6.07) is 9.09. The number of phenolic OH excluding ortho intramolecular Hbond substituents is 1. The molecule has 1 fully saturated rings. The number of nitrogens with two attached hydrogens (primary N) is 1. The van der Waals surface area contributed by atoms with E-state index in [1.165, 1.54) is 6.07 Å². The van der Waals surface area contributed by atoms with Gasteiger partial charge in [-0.1, -0.05) is 18.2 Å². The van der Waals surface area contributed by atoms with Gasteiger partial charge in [-0.2, -0.15) is 0 Å². The van der Waals surface area contributed by atoms with Crippen LogP contribution < -0.4 is 5.73 Å². The number of benzene rings is 2. The van der Waals surface area contributed by atoms with E-state index in [2.05, 4.69) is 0 Å². The molecule has 1 amide bonds. The summed E-state index contributed by atoms with van der Waals surface area (Å²) in [7, 11) is 3.34. The molecule has 1 saturated carbocycles. The number of nitrogens with zero attached hydrogens (tertiary/aromatic N) is 1. The second-order valence-electron chi connectivity index (χ2n) is 11.3. The van der Waals surface area contributed by atoms with E-state index in [0.29, 0.717) is 22.3 Å². The normalized spacial score (nSPS) is 23.9. The first-order chi connectivity index (χ1) is 19.3. The number of aliphatic hydroxyl groups excluding tert-OH is 2. The highest BCUT2D eigenvalue weighted by molar-refractivity contribution is 6.28. The van der Waals surface area contributed by atoms with Gasteiger partial charge in [0.1, 0.15) is 22.8 Å². The number of hydrogen-bond acceptors (Lipinski definition) is 9. The van der Waals surface area contributed by atoms with Crippen LogP contribution >= 0.6 is 0 Å². The van der Waals surface area contributed by atoms with Crippen LogP contribution in [0, 0.1) is 17.8 Å². The van der Waals surface area contributed by atoms with Crippen molar-refractivity contribution < 1.29 is 39.2 Å². The number of ether oxygens (including phenoxy) is 1. The van der Waals surface area contributed by atoms with Crippen molar-refractivity contribution in [1.82, 2.24) is 4.90 Å². The molecule has 1 unspecified atom stereocenters. The maximum absolute atomic E-state index is 13.9. The lowest BCUT2D eigenvalue weighted by molar-refractivity contribution is -0.136. The van der Waals surface area contributed by atoms with E-state index in [1.54, 1.807) is 63.2 Å². The highest BCUT2D eigenvalue weighted by Crippen LogP contribution is 2.51. The molecule has 5 N–H and O–H groups in total. The third-order valence-corrected chi connectivity index (χ3v) is 8.20. The second-order valence-corrected chi connectivity index (χ2v) is 11.3. The number of primary amides is 1. The molecule has 10 nitrogen and oxygen atoms in total. The largest absolute Gasteiger partial charge is 0.510 e. The Kier molecular flexibility index (Phi) is 6.98. The summed E-state index contributed by atoms with van der Waals surface area (Å²) >= 11 is 0. The number of aliphatic hydroxyl groups is 2. The Labute approximate surface area is 236 Å². The van der Waals surface area contributed by atoms with Gasteiger partial charge in [-0.3, -0.25) is 19.3 Å². The molecular formula is C31H32N2O8. The lowest BCUT2D eigenvalue weighted by Crippen LogP contribution is -2.55. The Morgan fingerprint density at radius 1 is 1.05 bits per heavy atom. The zero-order valence-electron chi connectivity index (χ0n) is 23.2. The van der Waals surface area contributed by atoms with Crippen molar-refractivity contribution in [2.24, 2.45) is 23.5 Å². The molecule has 0 aromatic heterocycles. The number of Topliss-reactive ketones (excluding diaryl/α,β-unsaturated/α-hetero) is 2. The Bertz CT molecular complexity index is 1570. The van der Waals surface area contributed by atoms with Gasteiger partial charge in [0.15, 0.2) is 11.6 Å². The number of amides is 1. The van der Waals surface area contributed by atoms with Crippen molar-refractivity contribution in [2.45, 2.75) is 38.8 Å². The number of rotatable bonds is 5. The average molecular weight is 561 g/mol. The number of carbonyl (C=O) groups is 4. The lowest BCUT2D eigenvalue weighted by atomic mass is 9.59. The summed E-state index contributed by atoms with van der Waals surface area (Å²) in [6.45, 7) is 3.51. The lowest BCUT2D eigenvalue weighted by Gasteiger charge is -2.46. The molecule has 0 radical (unpaired) electrons. The summed E-state index contributed by atoms with van der Waals surface area (Å²) in [5, 5.41) is 33.2. The standard InChI is InChI=1S/C31H32N2O8/c1-13(2)41-31(40)15-7-5-6-14(10-15)17-8-9-20(34)22-18(17)11-16-12-19-23(27(36)21(16)26(22)35)28(37)24(30(32)39)29(38)25(19)33(3)4/h5-10,13,16,19,23,25,34-35,38H,11-12H2,1-4H3,(H2,32,39)/t16-,19+,23?,25-/m0/s1. The van der Waals surface area contributed by atoms with Crippen molar-refractivity contribution in [3.8, 4) is 16.9 Å². The van der Waals surface area contributed by atoms with Crippen LogP contribution in [0.5, 0.6) is 5.75 Å². The van der Waals surface area contributed by atoms with E-state index in [9.17, 15) is 34.5 Å². The fraction of sp³-hybridized carbons (Fsp3) is 0.355. The van der Waals surface area contributed by atoms with Crippen molar-refractivity contribution in [1.29, 1.82) is 0 Å². The fourth-order valence-corrected chi connectivity index (χ4v) is 6.63. The van der Waals surface area contributed by atoms with Crippen molar-refractivity contribution in [2.75, 3.05) is 14.1 Å². The number of aromatic hydroxyl groups is 1. The number of ketones is 2. The van der Waals surface area contributed by atoms with Crippen molar-refractivity contribution in [3.63, 3.8) is 0 Å². The first-order valence-corrected chi connectivity index (χ1v) is 13.4. The van der Waals surface area contributed by atoms with Crippen LogP contribution in [-0.4, -0.2) is 69.9 Å². The van der Waals surface area contributed by atoms with Crippen LogP contribution in [0.25, 0.3) is 16.9 Å². The maximum Gasteiger partial charge on any atom is 0.338 e. The van der Waals surface area contributed by atoms with Crippen molar-refractivity contribution >= 4 is 29.2 Å². The molecule has 0 aliphatic heterocycles. The van der Waals surface area contributed by atoms with E-state index < -0.39 is 64.3 Å². The van der Waals surface area contributed by atoms with Gasteiger partial charge in [0, 0.05) is 5.57 Å². The first-order valence-electron chi connectivity index (χ1n) is 13.4. The SMILES string of the molecule is CC(C)OC(=O)c1cccc(-c2ccc(O)c3c2C[C@H]2C[C@@H]4C(C(=O)C(C(N)=O)=C(O)[C@H]4N(C)C)C(=O)C2=C3O)c1. The molecule has 2 aromatic rings. The first kappa shape index (κ1) is 28.1. The topological polar surface area (TPSA) is 167 Å². The minimum atomic E-state index is -1.32. The smallest absolute Gasteiger partial charge is 0.338 e. The minimum absolute atomic E-state index is 0.0107. The zero-order chi connectivity index (χ0) is 29.9. The van der Waals surface area contributed by atoms with E-state index in [4.69, 9.17) is 10.5 Å². The Hall–Kier alpha value is -4.44. The van der Waals surface area contributed by atoms with Crippen LogP contribution in [-0.2, 0) is 25.5 Å². The molecule has 3 aliphatic carbocycles. The minimum Gasteiger partial charge on any atom is -0.510 e. The third-order valence-electron chi connectivity index (χ3n) is 8.20. The molecule has 41 heavy (non-hydrogen) atoms. The van der Waals surface area contributed by atoms with Crippen LogP contribution in [0.4, 0.5) is 0 Å². The van der Waals surface area contributed by atoms with Gasteiger partial charge in [-0.15, -0.1) is 0 Å². The van der Waals surface area contributed by atoms with E-state index in [0.717, 1.165) is 0 Å². The van der Waals surface area contributed by atoms with Gasteiger partial charge in [0.2, 0.25) is 0 Å². The summed E-state index contributed by atoms with van der Waals surface area (Å²) < 4.78 is 5.33. The quantitative estimate of drug-likeness (QED) is 0.244. The highest BCUT2D eigenvalue weighted by Gasteiger charge is 2.55. The number of hydrogen-bond donors (Lipinski definition) is 4. The van der Waals surface area contributed by atoms with Gasteiger partial charge < -0.3 is 25.8 Å². The molecule has 0 heterocycles. The zero-order valence-corrected chi connectivity index (χ0v) is 23.2. The fourth-order valence-electron chi connectivity index (χ4n) is 6.63. The van der Waals surface area contributed by atoms with Gasteiger partial charge in [0.25, 0.3) is 5.91 Å². The molecule has 5 rings (SSSR count). The number of phenols is 1. The molecular weight excluding hydrogens is 528 g/mol. The molecule has 214 valence electrons. The highest BCUT2D eigenvalue weighted by atomic mass is 16.5. The number of carbonyl (C=O) groups excluding carboxylic acids is 4. The molecule has 0 bridgehead atoms. The maximum atomic E-state index is 13.9. The summed E-state index contributed by atoms with van der Waals surface area (Å²) in [5.41, 5.74) is 7.13. The van der Waals surface area contributed by atoms with Crippen LogP contribution in [0.1, 0.15) is 41.8 Å². The second kappa shape index (κ2) is 10.2. The van der Waals surface area contributed by atoms with Crippen LogP contribution in [0.3, 0.4) is 0 Å². The monoisotopic (exact) mass is 560 g/mol. The van der Waals surface area contributed by atoms with Gasteiger partial charge in [-0.05, 0) is 87.5 Å². The number of fused-ring (bicyclic) bond motifs is 3. The van der Waals surface area contributed by atoms with Crippen molar-refractivity contribution in [3.05, 3.63) is 70.0 Å².